The number of hydrogen-bond acceptors (Lipinski definition) is 7. The first-order chi connectivity index (χ1) is 14.3. The molecule has 1 aliphatic carbocycles. The third kappa shape index (κ3) is 3.88. The van der Waals surface area contributed by atoms with Crippen molar-refractivity contribution in [3.05, 3.63) is 36.7 Å². The summed E-state index contributed by atoms with van der Waals surface area (Å²) < 4.78 is 8.51. The highest BCUT2D eigenvalue weighted by molar-refractivity contribution is 7.71. The molecular weight excluding hydrogens is 422 g/mol. The molecule has 0 bridgehead atoms. The van der Waals surface area contributed by atoms with Gasteiger partial charge in [0.05, 0.1) is 17.9 Å². The van der Waals surface area contributed by atoms with Crippen LogP contribution in [-0.2, 0) is 30.7 Å². The van der Waals surface area contributed by atoms with Gasteiger partial charge in [0.25, 0.3) is 5.56 Å². The maximum absolute atomic E-state index is 13.0. The molecule has 30 heavy (non-hydrogen) atoms. The van der Waals surface area contributed by atoms with Gasteiger partial charge in [-0.15, -0.1) is 11.3 Å². The monoisotopic (exact) mass is 449 g/mol. The molecule has 1 N–H and O–H groups in total. The van der Waals surface area contributed by atoms with Crippen molar-refractivity contribution in [1.82, 2.24) is 9.13 Å². The van der Waals surface area contributed by atoms with Gasteiger partial charge in [-0.1, -0.05) is 0 Å². The molecule has 0 amide bonds. The van der Waals surface area contributed by atoms with Crippen molar-refractivity contribution in [3.63, 3.8) is 0 Å². The van der Waals surface area contributed by atoms with E-state index in [2.05, 4.69) is 4.99 Å². The minimum absolute atomic E-state index is 0.105. The molecule has 1 aliphatic rings. The highest BCUT2D eigenvalue weighted by Gasteiger charge is 2.27. The summed E-state index contributed by atoms with van der Waals surface area (Å²) in [5.41, 5.74) is 1.57. The fourth-order valence-electron chi connectivity index (χ4n) is 3.82. The molecule has 2 aromatic heterocycles. The highest BCUT2D eigenvalue weighted by Crippen LogP contribution is 2.40. The minimum atomic E-state index is -0.386. The van der Waals surface area contributed by atoms with Crippen molar-refractivity contribution in [2.24, 2.45) is 4.99 Å². The fourth-order valence-corrected chi connectivity index (χ4v) is 5.55. The lowest BCUT2D eigenvalue weighted by atomic mass is 9.95. The predicted molar refractivity (Wildman–Crippen MR) is 121 cm³/mol. The second-order valence-electron chi connectivity index (χ2n) is 7.08. The van der Waals surface area contributed by atoms with Crippen molar-refractivity contribution in [2.45, 2.75) is 66.5 Å². The maximum atomic E-state index is 13.0. The Bertz CT molecular complexity index is 1120. The Hall–Kier alpha value is -2.26. The zero-order valence-corrected chi connectivity index (χ0v) is 19.4. The van der Waals surface area contributed by atoms with Gasteiger partial charge in [-0.2, -0.15) is 0 Å². The first-order valence-corrected chi connectivity index (χ1v) is 11.5. The molecule has 0 spiro atoms. The van der Waals surface area contributed by atoms with Crippen LogP contribution in [0.3, 0.4) is 0 Å². The quantitative estimate of drug-likeness (QED) is 0.402. The van der Waals surface area contributed by atoms with Crippen LogP contribution in [-0.4, -0.2) is 32.5 Å². The summed E-state index contributed by atoms with van der Waals surface area (Å²) in [4.78, 5) is 31.5. The predicted octanol–water partition coefficient (Wildman–Crippen LogP) is 4.38. The molecule has 0 atom stereocenters. The fraction of sp³-hybridized carbons (Fsp3) is 0.524. The van der Waals surface area contributed by atoms with E-state index in [1.54, 1.807) is 13.8 Å². The van der Waals surface area contributed by atoms with Gasteiger partial charge in [-0.25, -0.2) is 9.79 Å². The number of esters is 1. The Labute approximate surface area is 184 Å². The molecule has 7 nitrogen and oxygen atoms in total. The number of aromatic hydroxyl groups is 1. The van der Waals surface area contributed by atoms with Crippen molar-refractivity contribution < 1.29 is 14.6 Å². The van der Waals surface area contributed by atoms with E-state index in [1.165, 1.54) is 20.5 Å². The number of aryl methyl sites for hydroxylation is 1. The third-order valence-electron chi connectivity index (χ3n) is 5.30. The Morgan fingerprint density at radius 2 is 1.83 bits per heavy atom. The number of hydrogen-bond donors (Lipinski definition) is 1. The summed E-state index contributed by atoms with van der Waals surface area (Å²) >= 11 is 6.82. The van der Waals surface area contributed by atoms with Gasteiger partial charge in [0, 0.05) is 18.0 Å². The number of aromatic nitrogens is 2. The van der Waals surface area contributed by atoms with Crippen LogP contribution in [0.4, 0.5) is 5.00 Å². The number of rotatable bonds is 6. The first kappa shape index (κ1) is 22.4. The number of carbonyl (C=O) groups is 1. The van der Waals surface area contributed by atoms with E-state index in [4.69, 9.17) is 17.0 Å². The summed E-state index contributed by atoms with van der Waals surface area (Å²) in [6.07, 6.45) is 3.84. The van der Waals surface area contributed by atoms with Crippen LogP contribution in [0.5, 0.6) is 5.88 Å². The first-order valence-electron chi connectivity index (χ1n) is 10.3. The molecule has 3 rings (SSSR count). The summed E-state index contributed by atoms with van der Waals surface area (Å²) in [5.74, 6) is -0.583. The van der Waals surface area contributed by atoms with Crippen LogP contribution in [0, 0.1) is 4.77 Å². The lowest BCUT2D eigenvalue weighted by Crippen LogP contribution is -2.29. The molecule has 0 saturated heterocycles. The normalized spacial score (nSPS) is 13.9. The summed E-state index contributed by atoms with van der Waals surface area (Å²) in [5, 5.41) is 11.3. The van der Waals surface area contributed by atoms with Crippen LogP contribution in [0.1, 0.15) is 66.9 Å². The molecular formula is C21H27N3O4S2. The topological polar surface area (TPSA) is 85.8 Å². The Balaban J connectivity index is 2.22. The van der Waals surface area contributed by atoms with Gasteiger partial charge >= 0.3 is 5.97 Å². The van der Waals surface area contributed by atoms with Crippen LogP contribution in [0.2, 0.25) is 0 Å². The molecule has 0 aromatic carbocycles. The molecule has 0 fully saturated rings. The van der Waals surface area contributed by atoms with Crippen LogP contribution >= 0.6 is 23.6 Å². The second-order valence-corrected chi connectivity index (χ2v) is 8.53. The van der Waals surface area contributed by atoms with Crippen molar-refractivity contribution in [1.29, 1.82) is 0 Å². The Morgan fingerprint density at radius 1 is 1.17 bits per heavy atom. The number of ether oxygens (including phenoxy) is 1. The van der Waals surface area contributed by atoms with E-state index < -0.39 is 0 Å². The van der Waals surface area contributed by atoms with Gasteiger partial charge in [-0.05, 0) is 71.2 Å². The van der Waals surface area contributed by atoms with E-state index in [0.29, 0.717) is 29.4 Å². The summed E-state index contributed by atoms with van der Waals surface area (Å²) in [7, 11) is 0. The Morgan fingerprint density at radius 3 is 2.47 bits per heavy atom. The average Bonchev–Trinajstić information content (AvgIpc) is 3.06. The number of thiophene rings is 1. The van der Waals surface area contributed by atoms with Gasteiger partial charge in [-0.3, -0.25) is 13.9 Å². The van der Waals surface area contributed by atoms with Crippen LogP contribution in [0.15, 0.2) is 9.79 Å². The zero-order chi connectivity index (χ0) is 22.0. The summed E-state index contributed by atoms with van der Waals surface area (Å²) in [6, 6.07) is 0. The molecule has 0 radical (unpaired) electrons. The molecule has 162 valence electrons. The van der Waals surface area contributed by atoms with E-state index in [0.717, 1.165) is 36.1 Å². The molecule has 9 heteroatoms. The number of nitrogens with zero attached hydrogens (tertiary/aromatic N) is 3. The van der Waals surface area contributed by atoms with E-state index in [9.17, 15) is 14.7 Å². The lowest BCUT2D eigenvalue weighted by molar-refractivity contribution is 0.0526. The van der Waals surface area contributed by atoms with Crippen LogP contribution in [0.25, 0.3) is 0 Å². The minimum Gasteiger partial charge on any atom is -0.494 e. The molecule has 0 saturated carbocycles. The van der Waals surface area contributed by atoms with Gasteiger partial charge in [0.2, 0.25) is 5.88 Å². The zero-order valence-electron chi connectivity index (χ0n) is 17.8. The summed E-state index contributed by atoms with van der Waals surface area (Å²) in [6.45, 7) is 8.22. The van der Waals surface area contributed by atoms with Crippen molar-refractivity contribution >= 4 is 40.2 Å². The van der Waals surface area contributed by atoms with Crippen LogP contribution < -0.4 is 5.56 Å². The number of fused-ring (bicyclic) bond motifs is 1. The second kappa shape index (κ2) is 9.26. The average molecular weight is 450 g/mol. The van der Waals surface area contributed by atoms with Gasteiger partial charge in [0.1, 0.15) is 10.6 Å². The molecule has 2 heterocycles. The molecule has 2 aromatic rings. The maximum Gasteiger partial charge on any atom is 0.341 e. The van der Waals surface area contributed by atoms with Crippen molar-refractivity contribution in [3.8, 4) is 5.88 Å². The van der Waals surface area contributed by atoms with E-state index >= 15 is 0 Å². The van der Waals surface area contributed by atoms with Gasteiger partial charge in [0.15, 0.2) is 4.77 Å². The van der Waals surface area contributed by atoms with Crippen molar-refractivity contribution in [2.75, 3.05) is 6.61 Å². The lowest BCUT2D eigenvalue weighted by Gasteiger charge is -2.15. The highest BCUT2D eigenvalue weighted by atomic mass is 32.1. The van der Waals surface area contributed by atoms with E-state index in [-0.39, 0.29) is 34.3 Å². The molecule has 0 aliphatic heterocycles. The van der Waals surface area contributed by atoms with E-state index in [1.807, 2.05) is 13.8 Å². The SMILES string of the molecule is CCOC(=O)c1c(N=C(C)c2c(O)n(CC)c(=S)n(CC)c2=O)sc2c1CCCC2. The smallest absolute Gasteiger partial charge is 0.341 e. The molecule has 0 unspecified atom stereocenters. The standard InChI is InChI=1S/C21H27N3O4S2/c1-5-23-18(25)15(19(26)24(6-2)21(23)29)12(4)22-17-16(20(27)28-7-3)13-10-8-9-11-14(13)30-17/h25H,5-11H2,1-4H3. The van der Waals surface area contributed by atoms with Gasteiger partial charge < -0.3 is 9.84 Å². The largest absolute Gasteiger partial charge is 0.494 e. The number of carbonyl (C=O) groups excluding carboxylic acids is 1. The third-order valence-corrected chi connectivity index (χ3v) is 6.92. The Kier molecular flexibility index (Phi) is 6.92. The number of aliphatic imine (C=N–C) groups is 1.